The Balaban J connectivity index is 0.000000371. The zero-order valence-electron chi connectivity index (χ0n) is 6.07. The summed E-state index contributed by atoms with van der Waals surface area (Å²) in [5.74, 6) is 0. The molecular formula is C8H10I2. The van der Waals surface area contributed by atoms with Crippen LogP contribution < -0.4 is 0 Å². The van der Waals surface area contributed by atoms with Gasteiger partial charge in [-0.2, -0.15) is 0 Å². The van der Waals surface area contributed by atoms with E-state index in [1.54, 1.807) is 0 Å². The highest BCUT2D eigenvalue weighted by atomic mass is 128. The fraction of sp³-hybridized carbons (Fsp3) is 0.250. The molecule has 0 saturated heterocycles. The van der Waals surface area contributed by atoms with Gasteiger partial charge in [-0.1, -0.05) is 35.4 Å². The maximum atomic E-state index is 2.17. The number of halogens is 2. The Kier molecular flexibility index (Phi) is 6.83. The van der Waals surface area contributed by atoms with E-state index in [0.717, 1.165) is 0 Å². The molecule has 0 aliphatic heterocycles. The zero-order chi connectivity index (χ0) is 7.98. The second kappa shape index (κ2) is 6.39. The summed E-state index contributed by atoms with van der Waals surface area (Å²) in [6.45, 7) is 4.21. The summed E-state index contributed by atoms with van der Waals surface area (Å²) >= 11 is 4.24. The van der Waals surface area contributed by atoms with Gasteiger partial charge in [-0.05, 0) is 13.8 Å². The van der Waals surface area contributed by atoms with Crippen molar-refractivity contribution >= 4 is 37.2 Å². The topological polar surface area (TPSA) is 0 Å². The molecule has 1 aromatic carbocycles. The fourth-order valence-corrected chi connectivity index (χ4v) is 0.807. The minimum Gasteiger partial charge on any atom is -0.0617 e. The number of rotatable bonds is 0. The summed E-state index contributed by atoms with van der Waals surface area (Å²) < 4.78 is 0. The summed E-state index contributed by atoms with van der Waals surface area (Å²) in [6.07, 6.45) is 0. The molecule has 2 heteroatoms. The van der Waals surface area contributed by atoms with Crippen molar-refractivity contribution in [2.75, 3.05) is 0 Å². The van der Waals surface area contributed by atoms with Crippen LogP contribution in [0.1, 0.15) is 11.1 Å². The van der Waals surface area contributed by atoms with Crippen LogP contribution in [0.15, 0.2) is 24.3 Å². The monoisotopic (exact) mass is 360 g/mol. The molecule has 0 fully saturated rings. The standard InChI is InChI=1S/C8H10.I2/c1-7-4-3-5-8(2)6-7;1-2/h3-6H,1-2H3;. The molecular weight excluding hydrogens is 350 g/mol. The predicted molar refractivity (Wildman–Crippen MR) is 64.0 cm³/mol. The van der Waals surface area contributed by atoms with E-state index < -0.39 is 0 Å². The van der Waals surface area contributed by atoms with E-state index in [1.807, 2.05) is 0 Å². The van der Waals surface area contributed by atoms with Gasteiger partial charge >= 0.3 is 0 Å². The molecule has 56 valence electrons. The number of aryl methyl sites for hydroxylation is 2. The molecule has 0 nitrogen and oxygen atoms in total. The molecule has 0 atom stereocenters. The summed E-state index contributed by atoms with van der Waals surface area (Å²) in [7, 11) is 0. The maximum Gasteiger partial charge on any atom is 0 e. The molecule has 1 aromatic rings. The van der Waals surface area contributed by atoms with Crippen molar-refractivity contribution in [2.24, 2.45) is 0 Å². The van der Waals surface area contributed by atoms with E-state index in [2.05, 4.69) is 75.3 Å². The van der Waals surface area contributed by atoms with E-state index in [4.69, 9.17) is 0 Å². The summed E-state index contributed by atoms with van der Waals surface area (Å²) in [4.78, 5) is 0. The van der Waals surface area contributed by atoms with E-state index in [0.29, 0.717) is 0 Å². The van der Waals surface area contributed by atoms with Gasteiger partial charge in [-0.25, -0.2) is 0 Å². The quantitative estimate of drug-likeness (QED) is 0.612. The van der Waals surface area contributed by atoms with E-state index in [-0.39, 0.29) is 0 Å². The van der Waals surface area contributed by atoms with E-state index >= 15 is 0 Å². The highest BCUT2D eigenvalue weighted by Gasteiger charge is 1.80. The van der Waals surface area contributed by atoms with Crippen molar-refractivity contribution in [3.05, 3.63) is 35.4 Å². The minimum absolute atomic E-state index is 1.34. The molecule has 0 aliphatic rings. The van der Waals surface area contributed by atoms with Crippen LogP contribution in [0, 0.1) is 13.8 Å². The summed E-state index contributed by atoms with van der Waals surface area (Å²) in [5, 5.41) is 0. The molecule has 0 unspecified atom stereocenters. The van der Waals surface area contributed by atoms with E-state index in [9.17, 15) is 0 Å². The van der Waals surface area contributed by atoms with Crippen molar-refractivity contribution < 1.29 is 0 Å². The second-order valence-corrected chi connectivity index (χ2v) is 2.16. The SMILES string of the molecule is Cc1cccc(C)c1.II. The molecule has 0 aromatic heterocycles. The van der Waals surface area contributed by atoms with Crippen molar-refractivity contribution in [2.45, 2.75) is 13.8 Å². The fourth-order valence-electron chi connectivity index (χ4n) is 0.807. The Morgan fingerprint density at radius 3 is 1.60 bits per heavy atom. The maximum absolute atomic E-state index is 2.17. The van der Waals surface area contributed by atoms with Crippen LogP contribution in [0.5, 0.6) is 0 Å². The van der Waals surface area contributed by atoms with Gasteiger partial charge in [-0.15, -0.1) is 0 Å². The van der Waals surface area contributed by atoms with Crippen LogP contribution in [0.3, 0.4) is 0 Å². The van der Waals surface area contributed by atoms with Gasteiger partial charge in [0.2, 0.25) is 0 Å². The lowest BCUT2D eigenvalue weighted by molar-refractivity contribution is 1.39. The van der Waals surface area contributed by atoms with Crippen molar-refractivity contribution in [1.82, 2.24) is 0 Å². The minimum atomic E-state index is 1.34. The number of hydrogen-bond acceptors (Lipinski definition) is 0. The zero-order valence-corrected chi connectivity index (χ0v) is 10.4. The van der Waals surface area contributed by atoms with Gasteiger partial charge in [0.25, 0.3) is 0 Å². The summed E-state index contributed by atoms with van der Waals surface area (Å²) in [5.41, 5.74) is 2.68. The molecule has 0 amide bonds. The van der Waals surface area contributed by atoms with Crippen molar-refractivity contribution in [3.63, 3.8) is 0 Å². The highest BCUT2D eigenvalue weighted by Crippen LogP contribution is 2.00. The first-order chi connectivity index (χ1) is 4.79. The summed E-state index contributed by atoms with van der Waals surface area (Å²) in [6, 6.07) is 8.45. The Hall–Kier alpha value is 0.680. The van der Waals surface area contributed by atoms with Crippen LogP contribution in [0.2, 0.25) is 0 Å². The molecule has 0 spiro atoms. The average Bonchev–Trinajstić information content (AvgIpc) is 1.91. The predicted octanol–water partition coefficient (Wildman–Crippen LogP) is 4.07. The normalized spacial score (nSPS) is 8.00. The largest absolute Gasteiger partial charge is 0.0617 e. The van der Waals surface area contributed by atoms with Gasteiger partial charge in [0, 0.05) is 37.2 Å². The van der Waals surface area contributed by atoms with Gasteiger partial charge in [0.05, 0.1) is 0 Å². The third kappa shape index (κ3) is 4.49. The van der Waals surface area contributed by atoms with E-state index in [1.165, 1.54) is 11.1 Å². The Labute approximate surface area is 85.7 Å². The Morgan fingerprint density at radius 2 is 1.40 bits per heavy atom. The first-order valence-electron chi connectivity index (χ1n) is 2.96. The van der Waals surface area contributed by atoms with Crippen LogP contribution >= 0.6 is 37.2 Å². The molecule has 10 heavy (non-hydrogen) atoms. The van der Waals surface area contributed by atoms with Crippen LogP contribution in [-0.4, -0.2) is 0 Å². The van der Waals surface area contributed by atoms with Gasteiger partial charge in [0.1, 0.15) is 0 Å². The van der Waals surface area contributed by atoms with Gasteiger partial charge in [0.15, 0.2) is 0 Å². The third-order valence-electron chi connectivity index (χ3n) is 1.17. The van der Waals surface area contributed by atoms with Crippen LogP contribution in [0.25, 0.3) is 0 Å². The number of hydrogen-bond donors (Lipinski definition) is 0. The van der Waals surface area contributed by atoms with Gasteiger partial charge < -0.3 is 0 Å². The third-order valence-corrected chi connectivity index (χ3v) is 1.17. The molecule has 0 heterocycles. The molecule has 0 N–H and O–H groups in total. The molecule has 1 rings (SSSR count). The average molecular weight is 360 g/mol. The highest BCUT2D eigenvalue weighted by molar-refractivity contribution is 15.0. The van der Waals surface area contributed by atoms with Crippen LogP contribution in [0.4, 0.5) is 0 Å². The van der Waals surface area contributed by atoms with Crippen LogP contribution in [-0.2, 0) is 0 Å². The number of benzene rings is 1. The van der Waals surface area contributed by atoms with Crippen molar-refractivity contribution in [1.29, 1.82) is 0 Å². The Morgan fingerprint density at radius 1 is 1.00 bits per heavy atom. The lowest BCUT2D eigenvalue weighted by Crippen LogP contribution is -1.71. The molecule has 0 saturated carbocycles. The van der Waals surface area contributed by atoms with Crippen molar-refractivity contribution in [3.8, 4) is 0 Å². The smallest absolute Gasteiger partial charge is 0 e. The lowest BCUT2D eigenvalue weighted by atomic mass is 10.2. The first-order valence-corrected chi connectivity index (χ1v) is 9.25. The molecule has 0 aliphatic carbocycles. The first kappa shape index (κ1) is 10.7. The molecule has 0 bridgehead atoms. The molecule has 0 radical (unpaired) electrons. The second-order valence-electron chi connectivity index (χ2n) is 2.16. The van der Waals surface area contributed by atoms with Gasteiger partial charge in [-0.3, -0.25) is 0 Å². The lowest BCUT2D eigenvalue weighted by Gasteiger charge is -1.90. The Bertz CT molecular complexity index is 167.